The van der Waals surface area contributed by atoms with E-state index < -0.39 is 5.97 Å². The van der Waals surface area contributed by atoms with Gasteiger partial charge in [-0.25, -0.2) is 14.8 Å². The molecule has 1 N–H and O–H groups in total. The summed E-state index contributed by atoms with van der Waals surface area (Å²) in [6.07, 6.45) is 7.62. The summed E-state index contributed by atoms with van der Waals surface area (Å²) >= 11 is 0. The van der Waals surface area contributed by atoms with E-state index in [1.165, 1.54) is 49.2 Å². The third-order valence-corrected chi connectivity index (χ3v) is 6.41. The average Bonchev–Trinajstić information content (AvgIpc) is 3.48. The molecule has 0 amide bonds. The first-order chi connectivity index (χ1) is 13.2. The summed E-state index contributed by atoms with van der Waals surface area (Å²) in [6.45, 7) is 10.2. The van der Waals surface area contributed by atoms with Crippen LogP contribution in [-0.4, -0.2) is 27.6 Å². The molecule has 0 spiro atoms. The van der Waals surface area contributed by atoms with Crippen molar-refractivity contribution in [3.8, 4) is 0 Å². The quantitative estimate of drug-likeness (QED) is 0.785. The zero-order chi connectivity index (χ0) is 20.1. The van der Waals surface area contributed by atoms with Crippen molar-refractivity contribution in [3.63, 3.8) is 0 Å². The second kappa shape index (κ2) is 6.57. The van der Waals surface area contributed by atoms with Crippen LogP contribution in [0.1, 0.15) is 74.9 Å². The Labute approximate surface area is 166 Å². The van der Waals surface area contributed by atoms with Gasteiger partial charge in [0.25, 0.3) is 0 Å². The highest BCUT2D eigenvalue weighted by Crippen LogP contribution is 2.47. The molecule has 0 radical (unpaired) electrons. The third kappa shape index (κ3) is 3.50. The number of aromatic nitrogens is 2. The molecular formula is C23H29N3O2. The molecule has 1 saturated carbocycles. The Balaban J connectivity index is 1.76. The molecule has 0 atom stereocenters. The lowest BCUT2D eigenvalue weighted by Crippen LogP contribution is -2.34. The fraction of sp³-hybridized carbons (Fsp3) is 0.522. The molecule has 0 saturated heterocycles. The molecule has 0 bridgehead atoms. The largest absolute Gasteiger partial charge is 0.478 e. The molecule has 4 rings (SSSR count). The first-order valence-corrected chi connectivity index (χ1v) is 10.2. The predicted octanol–water partition coefficient (Wildman–Crippen LogP) is 5.07. The molecule has 0 aliphatic heterocycles. The van der Waals surface area contributed by atoms with Crippen molar-refractivity contribution >= 4 is 17.6 Å². The maximum Gasteiger partial charge on any atom is 0.338 e. The summed E-state index contributed by atoms with van der Waals surface area (Å²) in [6, 6.07) is 6.77. The van der Waals surface area contributed by atoms with Crippen molar-refractivity contribution in [1.82, 2.24) is 9.97 Å². The number of fused-ring (bicyclic) bond motifs is 1. The molecule has 2 aliphatic carbocycles. The van der Waals surface area contributed by atoms with Gasteiger partial charge >= 0.3 is 5.97 Å². The van der Waals surface area contributed by atoms with Gasteiger partial charge in [0, 0.05) is 24.6 Å². The molecule has 0 unspecified atom stereocenters. The van der Waals surface area contributed by atoms with Crippen molar-refractivity contribution in [2.24, 2.45) is 5.92 Å². The summed E-state index contributed by atoms with van der Waals surface area (Å²) < 4.78 is 0. The Morgan fingerprint density at radius 2 is 1.68 bits per heavy atom. The van der Waals surface area contributed by atoms with Crippen molar-refractivity contribution in [1.29, 1.82) is 0 Å². The van der Waals surface area contributed by atoms with E-state index in [9.17, 15) is 4.79 Å². The van der Waals surface area contributed by atoms with Crippen LogP contribution in [0.4, 0.5) is 11.6 Å². The molecule has 148 valence electrons. The first-order valence-electron chi connectivity index (χ1n) is 10.2. The number of anilines is 2. The molecule has 5 heteroatoms. The number of carboxylic acid groups (broad SMARTS) is 1. The predicted molar refractivity (Wildman–Crippen MR) is 110 cm³/mol. The van der Waals surface area contributed by atoms with Gasteiger partial charge in [-0.05, 0) is 65.7 Å². The van der Waals surface area contributed by atoms with Gasteiger partial charge in [-0.3, -0.25) is 0 Å². The number of hydrogen-bond acceptors (Lipinski definition) is 4. The minimum absolute atomic E-state index is 0.114. The normalized spacial score (nSPS) is 19.7. The number of carbonyl (C=O) groups is 1. The number of hydrogen-bond donors (Lipinski definition) is 1. The Morgan fingerprint density at radius 1 is 1.07 bits per heavy atom. The average molecular weight is 380 g/mol. The van der Waals surface area contributed by atoms with Gasteiger partial charge in [-0.1, -0.05) is 33.8 Å². The van der Waals surface area contributed by atoms with Crippen LogP contribution in [0.25, 0.3) is 0 Å². The van der Waals surface area contributed by atoms with E-state index in [0.29, 0.717) is 11.9 Å². The van der Waals surface area contributed by atoms with E-state index in [-0.39, 0.29) is 16.4 Å². The van der Waals surface area contributed by atoms with Crippen molar-refractivity contribution in [2.75, 3.05) is 11.4 Å². The van der Waals surface area contributed by atoms with Crippen LogP contribution in [0, 0.1) is 5.92 Å². The van der Waals surface area contributed by atoms with Gasteiger partial charge in [0.05, 0.1) is 5.56 Å². The van der Waals surface area contributed by atoms with E-state index >= 15 is 0 Å². The van der Waals surface area contributed by atoms with Gasteiger partial charge in [0.2, 0.25) is 5.95 Å². The summed E-state index contributed by atoms with van der Waals surface area (Å²) in [4.78, 5) is 22.0. The summed E-state index contributed by atoms with van der Waals surface area (Å²) in [7, 11) is 0. The van der Waals surface area contributed by atoms with Gasteiger partial charge in [-0.2, -0.15) is 0 Å². The highest BCUT2D eigenvalue weighted by Gasteiger charge is 2.37. The van der Waals surface area contributed by atoms with Crippen LogP contribution in [0.5, 0.6) is 0 Å². The zero-order valence-electron chi connectivity index (χ0n) is 17.2. The number of benzene rings is 1. The lowest BCUT2D eigenvalue weighted by Gasteiger charge is -2.42. The maximum absolute atomic E-state index is 11.1. The van der Waals surface area contributed by atoms with E-state index in [4.69, 9.17) is 5.11 Å². The Morgan fingerprint density at radius 3 is 2.25 bits per heavy atom. The molecule has 1 heterocycles. The SMILES string of the molecule is CC1(C)CCC(C)(C)c2cc(N(CC3CC3)c3ncc(C(=O)O)cn3)ccc21. The summed E-state index contributed by atoms with van der Waals surface area (Å²) in [5.41, 5.74) is 4.37. The molecule has 1 aromatic carbocycles. The topological polar surface area (TPSA) is 66.3 Å². The minimum atomic E-state index is -1.00. The van der Waals surface area contributed by atoms with E-state index in [0.717, 1.165) is 12.2 Å². The highest BCUT2D eigenvalue weighted by atomic mass is 16.4. The van der Waals surface area contributed by atoms with Gasteiger partial charge in [-0.15, -0.1) is 0 Å². The van der Waals surface area contributed by atoms with Crippen LogP contribution in [0.3, 0.4) is 0 Å². The Kier molecular flexibility index (Phi) is 4.44. The molecule has 2 aromatic rings. The van der Waals surface area contributed by atoms with Gasteiger partial charge in [0.15, 0.2) is 0 Å². The van der Waals surface area contributed by atoms with Crippen LogP contribution in [0.2, 0.25) is 0 Å². The van der Waals surface area contributed by atoms with Gasteiger partial charge < -0.3 is 10.0 Å². The maximum atomic E-state index is 11.1. The number of nitrogens with zero attached hydrogens (tertiary/aromatic N) is 3. The molecular weight excluding hydrogens is 350 g/mol. The van der Waals surface area contributed by atoms with Crippen molar-refractivity contribution in [2.45, 2.75) is 64.2 Å². The Bertz CT molecular complexity index is 899. The first kappa shape index (κ1) is 18.9. The molecule has 1 fully saturated rings. The summed E-state index contributed by atoms with van der Waals surface area (Å²) in [5, 5.41) is 9.13. The monoisotopic (exact) mass is 379 g/mol. The number of carboxylic acids is 1. The fourth-order valence-electron chi connectivity index (χ4n) is 4.18. The Hall–Kier alpha value is -2.43. The molecule has 28 heavy (non-hydrogen) atoms. The van der Waals surface area contributed by atoms with E-state index in [2.05, 4.69) is 60.8 Å². The van der Waals surface area contributed by atoms with Crippen molar-refractivity contribution in [3.05, 3.63) is 47.3 Å². The van der Waals surface area contributed by atoms with Gasteiger partial charge in [0.1, 0.15) is 0 Å². The summed E-state index contributed by atoms with van der Waals surface area (Å²) in [5.74, 6) is 0.228. The van der Waals surface area contributed by atoms with E-state index in [1.54, 1.807) is 0 Å². The van der Waals surface area contributed by atoms with Crippen LogP contribution in [-0.2, 0) is 10.8 Å². The van der Waals surface area contributed by atoms with E-state index in [1.807, 2.05) is 0 Å². The smallest absolute Gasteiger partial charge is 0.338 e. The van der Waals surface area contributed by atoms with Crippen LogP contribution in [0.15, 0.2) is 30.6 Å². The third-order valence-electron chi connectivity index (χ3n) is 6.41. The van der Waals surface area contributed by atoms with Crippen LogP contribution >= 0.6 is 0 Å². The lowest BCUT2D eigenvalue weighted by atomic mass is 9.63. The number of aromatic carboxylic acids is 1. The standard InChI is InChI=1S/C23H29N3O2/c1-22(2)9-10-23(3,4)19-11-17(7-8-18(19)22)26(14-15-5-6-15)21-24-12-16(13-25-21)20(27)28/h7-8,11-13,15H,5-6,9-10,14H2,1-4H3,(H,27,28). The van der Waals surface area contributed by atoms with Crippen LogP contribution < -0.4 is 4.90 Å². The number of rotatable bonds is 5. The lowest BCUT2D eigenvalue weighted by molar-refractivity contribution is 0.0696. The highest BCUT2D eigenvalue weighted by molar-refractivity contribution is 5.86. The zero-order valence-corrected chi connectivity index (χ0v) is 17.2. The second-order valence-corrected chi connectivity index (χ2v) is 9.63. The minimum Gasteiger partial charge on any atom is -0.478 e. The molecule has 1 aromatic heterocycles. The molecule has 2 aliphatic rings. The van der Waals surface area contributed by atoms with Crippen molar-refractivity contribution < 1.29 is 9.90 Å². The fourth-order valence-corrected chi connectivity index (χ4v) is 4.18. The second-order valence-electron chi connectivity index (χ2n) is 9.63. The molecule has 5 nitrogen and oxygen atoms in total.